The van der Waals surface area contributed by atoms with Crippen molar-refractivity contribution < 1.29 is 4.79 Å². The number of benzene rings is 1. The Balaban J connectivity index is 1.81. The number of rotatable bonds is 10. The summed E-state index contributed by atoms with van der Waals surface area (Å²) in [5.41, 5.74) is 2.17. The quantitative estimate of drug-likeness (QED) is 0.521. The number of nitrogens with zero attached hydrogens (tertiary/aromatic N) is 3. The van der Waals surface area contributed by atoms with Gasteiger partial charge in [-0.05, 0) is 25.3 Å². The lowest BCUT2D eigenvalue weighted by atomic mass is 10.1. The molecule has 0 spiro atoms. The lowest BCUT2D eigenvalue weighted by molar-refractivity contribution is -0.121. The first-order chi connectivity index (χ1) is 14.9. The van der Waals surface area contributed by atoms with Gasteiger partial charge in [-0.3, -0.25) is 19.1 Å². The minimum absolute atomic E-state index is 0.0745. The first kappa shape index (κ1) is 22.5. The Hall–Kier alpha value is -3.16. The Bertz CT molecular complexity index is 1150. The largest absolute Gasteiger partial charge is 0.352 e. The second kappa shape index (κ2) is 10.2. The van der Waals surface area contributed by atoms with Crippen LogP contribution < -0.4 is 16.6 Å². The van der Waals surface area contributed by atoms with E-state index in [4.69, 9.17) is 0 Å². The van der Waals surface area contributed by atoms with E-state index in [9.17, 15) is 14.4 Å². The average molecular weight is 426 g/mol. The van der Waals surface area contributed by atoms with Crippen LogP contribution in [0.2, 0.25) is 0 Å². The highest BCUT2D eigenvalue weighted by Crippen LogP contribution is 2.15. The van der Waals surface area contributed by atoms with Crippen LogP contribution in [0, 0.1) is 6.92 Å². The van der Waals surface area contributed by atoms with Gasteiger partial charge in [-0.25, -0.2) is 9.78 Å². The fraction of sp³-hybridized carbons (Fsp3) is 0.478. The molecule has 2 N–H and O–H groups in total. The molecule has 3 aromatic rings. The molecule has 0 radical (unpaired) electrons. The van der Waals surface area contributed by atoms with Crippen molar-refractivity contribution in [2.75, 3.05) is 0 Å². The Morgan fingerprint density at radius 3 is 2.48 bits per heavy atom. The minimum atomic E-state index is -0.443. The summed E-state index contributed by atoms with van der Waals surface area (Å²) >= 11 is 0. The molecular formula is C23H31N5O3. The molecule has 2 aromatic heterocycles. The lowest BCUT2D eigenvalue weighted by Gasteiger charge is -2.09. The molecule has 8 nitrogen and oxygen atoms in total. The molecule has 0 saturated heterocycles. The zero-order valence-electron chi connectivity index (χ0n) is 18.5. The molecule has 1 amide bonds. The fourth-order valence-corrected chi connectivity index (χ4v) is 3.62. The van der Waals surface area contributed by atoms with Gasteiger partial charge < -0.3 is 9.88 Å². The number of imidazole rings is 1. The Morgan fingerprint density at radius 1 is 1.06 bits per heavy atom. The van der Waals surface area contributed by atoms with Crippen LogP contribution in [-0.2, 0) is 30.8 Å². The third-order valence-electron chi connectivity index (χ3n) is 5.33. The topological polar surface area (TPSA) is 102 Å². The summed E-state index contributed by atoms with van der Waals surface area (Å²) in [6.07, 6.45) is 3.25. The molecule has 0 atom stereocenters. The van der Waals surface area contributed by atoms with Gasteiger partial charge in [0, 0.05) is 32.5 Å². The summed E-state index contributed by atoms with van der Waals surface area (Å²) in [6.45, 7) is 7.65. The Labute approximate surface area is 181 Å². The molecule has 0 fully saturated rings. The lowest BCUT2D eigenvalue weighted by Crippen LogP contribution is -2.31. The van der Waals surface area contributed by atoms with E-state index in [1.54, 1.807) is 0 Å². The maximum Gasteiger partial charge on any atom is 0.330 e. The SMILES string of the molecule is CCCCn1c(CCC(=O)NCc2ccc(C)cc2)nc2c1c(=O)[nH]c(=O)n2CCC. The first-order valence-corrected chi connectivity index (χ1v) is 11.0. The highest BCUT2D eigenvalue weighted by molar-refractivity contribution is 5.76. The maximum atomic E-state index is 12.6. The summed E-state index contributed by atoms with van der Waals surface area (Å²) in [5, 5.41) is 2.94. The molecule has 8 heteroatoms. The molecule has 2 heterocycles. The van der Waals surface area contributed by atoms with E-state index in [0.717, 1.165) is 24.8 Å². The van der Waals surface area contributed by atoms with Crippen molar-refractivity contribution in [3.63, 3.8) is 0 Å². The van der Waals surface area contributed by atoms with Crippen LogP contribution in [-0.4, -0.2) is 25.0 Å². The number of amides is 1. The Morgan fingerprint density at radius 2 is 1.81 bits per heavy atom. The maximum absolute atomic E-state index is 12.6. The zero-order chi connectivity index (χ0) is 22.4. The summed E-state index contributed by atoms with van der Waals surface area (Å²) in [5.74, 6) is 0.587. The van der Waals surface area contributed by atoms with Gasteiger partial charge in [-0.15, -0.1) is 0 Å². The molecule has 0 saturated carbocycles. The number of carbonyl (C=O) groups is 1. The van der Waals surface area contributed by atoms with E-state index >= 15 is 0 Å². The summed E-state index contributed by atoms with van der Waals surface area (Å²) in [6, 6.07) is 8.04. The van der Waals surface area contributed by atoms with E-state index < -0.39 is 11.2 Å². The van der Waals surface area contributed by atoms with Crippen LogP contribution in [0.4, 0.5) is 0 Å². The number of unbranched alkanes of at least 4 members (excludes halogenated alkanes) is 1. The number of aryl methyl sites for hydroxylation is 4. The third kappa shape index (κ3) is 5.31. The fourth-order valence-electron chi connectivity index (χ4n) is 3.62. The van der Waals surface area contributed by atoms with E-state index in [2.05, 4.69) is 22.2 Å². The molecule has 0 aliphatic carbocycles. The molecule has 31 heavy (non-hydrogen) atoms. The number of H-pyrrole nitrogens is 1. The predicted molar refractivity (Wildman–Crippen MR) is 121 cm³/mol. The van der Waals surface area contributed by atoms with Crippen LogP contribution >= 0.6 is 0 Å². The van der Waals surface area contributed by atoms with Crippen LogP contribution in [0.3, 0.4) is 0 Å². The van der Waals surface area contributed by atoms with Gasteiger partial charge in [-0.1, -0.05) is 50.1 Å². The van der Waals surface area contributed by atoms with E-state index in [1.807, 2.05) is 42.7 Å². The summed E-state index contributed by atoms with van der Waals surface area (Å²) in [7, 11) is 0. The predicted octanol–water partition coefficient (Wildman–Crippen LogP) is 2.65. The van der Waals surface area contributed by atoms with E-state index in [-0.39, 0.29) is 12.3 Å². The number of aromatic nitrogens is 4. The smallest absolute Gasteiger partial charge is 0.330 e. The molecule has 0 aliphatic rings. The Kier molecular flexibility index (Phi) is 7.44. The highest BCUT2D eigenvalue weighted by Gasteiger charge is 2.18. The van der Waals surface area contributed by atoms with Crippen molar-refractivity contribution in [2.24, 2.45) is 0 Å². The van der Waals surface area contributed by atoms with Gasteiger partial charge in [0.2, 0.25) is 5.91 Å². The van der Waals surface area contributed by atoms with Gasteiger partial charge in [-0.2, -0.15) is 0 Å². The van der Waals surface area contributed by atoms with Crippen molar-refractivity contribution in [1.29, 1.82) is 0 Å². The number of hydrogen-bond acceptors (Lipinski definition) is 4. The van der Waals surface area contributed by atoms with Crippen LogP contribution in [0.1, 0.15) is 56.5 Å². The normalized spacial score (nSPS) is 11.2. The molecule has 166 valence electrons. The van der Waals surface area contributed by atoms with Crippen LogP contribution in [0.25, 0.3) is 11.2 Å². The molecule has 0 unspecified atom stereocenters. The van der Waals surface area contributed by atoms with Gasteiger partial charge in [0.05, 0.1) is 0 Å². The van der Waals surface area contributed by atoms with Gasteiger partial charge in [0.1, 0.15) is 5.82 Å². The van der Waals surface area contributed by atoms with Crippen LogP contribution in [0.15, 0.2) is 33.9 Å². The number of fused-ring (bicyclic) bond motifs is 1. The number of aromatic amines is 1. The number of carbonyl (C=O) groups excluding carboxylic acids is 1. The van der Waals surface area contributed by atoms with Crippen molar-refractivity contribution in [3.8, 4) is 0 Å². The van der Waals surface area contributed by atoms with Crippen LogP contribution in [0.5, 0.6) is 0 Å². The average Bonchev–Trinajstić information content (AvgIpc) is 3.12. The second-order valence-corrected chi connectivity index (χ2v) is 7.88. The molecule has 0 bridgehead atoms. The number of nitrogens with one attached hydrogen (secondary N) is 2. The minimum Gasteiger partial charge on any atom is -0.352 e. The molecular weight excluding hydrogens is 394 g/mol. The summed E-state index contributed by atoms with van der Waals surface area (Å²) < 4.78 is 3.39. The zero-order valence-corrected chi connectivity index (χ0v) is 18.5. The summed E-state index contributed by atoms with van der Waals surface area (Å²) in [4.78, 5) is 44.3. The molecule has 0 aliphatic heterocycles. The van der Waals surface area contributed by atoms with Crippen molar-refractivity contribution in [3.05, 3.63) is 62.1 Å². The number of hydrogen-bond donors (Lipinski definition) is 2. The standard InChI is InChI=1S/C23H31N5O3/c1-4-6-14-27-18(11-12-19(29)24-15-17-9-7-16(3)8-10-17)25-21-20(27)22(30)26-23(31)28(21)13-5-2/h7-10H,4-6,11-15H2,1-3H3,(H,24,29)(H,26,30,31). The van der Waals surface area contributed by atoms with Gasteiger partial charge in [0.15, 0.2) is 11.2 Å². The van der Waals surface area contributed by atoms with Crippen molar-refractivity contribution >= 4 is 17.1 Å². The monoisotopic (exact) mass is 425 g/mol. The van der Waals surface area contributed by atoms with E-state index in [1.165, 1.54) is 10.1 Å². The second-order valence-electron chi connectivity index (χ2n) is 7.88. The van der Waals surface area contributed by atoms with E-state index in [0.29, 0.717) is 43.0 Å². The van der Waals surface area contributed by atoms with Gasteiger partial charge >= 0.3 is 5.69 Å². The first-order valence-electron chi connectivity index (χ1n) is 11.0. The highest BCUT2D eigenvalue weighted by atomic mass is 16.2. The third-order valence-corrected chi connectivity index (χ3v) is 5.33. The molecule has 1 aromatic carbocycles. The van der Waals surface area contributed by atoms with Crippen molar-refractivity contribution in [2.45, 2.75) is 72.5 Å². The molecule has 3 rings (SSSR count). The van der Waals surface area contributed by atoms with Gasteiger partial charge in [0.25, 0.3) is 5.56 Å². The van der Waals surface area contributed by atoms with Crippen molar-refractivity contribution in [1.82, 2.24) is 24.4 Å².